The molecule has 1 aromatic heterocycles. The average molecular weight is 449 g/mol. The van der Waals surface area contributed by atoms with Crippen LogP contribution in [-0.4, -0.2) is 51.6 Å². The molecular weight excluding hydrogens is 421 g/mol. The maximum Gasteiger partial charge on any atom is 0.328 e. The quantitative estimate of drug-likeness (QED) is 0.306. The van der Waals surface area contributed by atoms with Crippen molar-refractivity contribution in [1.82, 2.24) is 14.6 Å². The molecule has 1 saturated heterocycles. The third-order valence-corrected chi connectivity index (χ3v) is 6.04. The zero-order chi connectivity index (χ0) is 21.9. The van der Waals surface area contributed by atoms with Crippen molar-refractivity contribution in [1.29, 1.82) is 0 Å². The van der Waals surface area contributed by atoms with E-state index in [0.717, 1.165) is 0 Å². The van der Waals surface area contributed by atoms with Gasteiger partial charge in [0.15, 0.2) is 0 Å². The number of aromatic nitrogens is 2. The highest BCUT2D eigenvalue weighted by Crippen LogP contribution is 2.35. The summed E-state index contributed by atoms with van der Waals surface area (Å²) in [6, 6.07) is -0.807. The van der Waals surface area contributed by atoms with Gasteiger partial charge in [-0.3, -0.25) is 18.9 Å². The highest BCUT2D eigenvalue weighted by Gasteiger charge is 2.42. The van der Waals surface area contributed by atoms with E-state index in [2.05, 4.69) is 10.1 Å². The smallest absolute Gasteiger partial charge is 0.328 e. The fourth-order valence-corrected chi connectivity index (χ4v) is 3.90. The molecule has 0 saturated carbocycles. The van der Waals surface area contributed by atoms with Crippen LogP contribution < -0.4 is 10.8 Å². The highest BCUT2D eigenvalue weighted by atomic mass is 32.1. The second kappa shape index (κ2) is 10.1. The maximum atomic E-state index is 12.2. The van der Waals surface area contributed by atoms with Gasteiger partial charge in [-0.1, -0.05) is 19.1 Å². The third kappa shape index (κ3) is 6.07. The molecule has 2 rings (SSSR count). The van der Waals surface area contributed by atoms with Gasteiger partial charge in [0.2, 0.25) is 0 Å². The van der Waals surface area contributed by atoms with Crippen LogP contribution in [0.4, 0.5) is 0 Å². The fraction of sp³-hybridized carbons (Fsp3) is 0.706. The van der Waals surface area contributed by atoms with Crippen LogP contribution in [0.5, 0.6) is 0 Å². The van der Waals surface area contributed by atoms with E-state index in [9.17, 15) is 19.3 Å². The minimum absolute atomic E-state index is 0.171. The molecule has 2 heterocycles. The summed E-state index contributed by atoms with van der Waals surface area (Å²) < 4.78 is 29.9. The molecule has 12 heteroatoms. The van der Waals surface area contributed by atoms with Crippen LogP contribution in [0.1, 0.15) is 39.5 Å². The molecule has 1 fully saturated rings. The summed E-state index contributed by atoms with van der Waals surface area (Å²) in [7, 11) is -2.78. The van der Waals surface area contributed by atoms with Gasteiger partial charge < -0.3 is 19.1 Å². The Labute approximate surface area is 174 Å². The normalized spacial score (nSPS) is 26.4. The molecule has 1 aromatic rings. The van der Waals surface area contributed by atoms with Gasteiger partial charge >= 0.3 is 11.7 Å². The molecule has 10 nitrogen and oxygen atoms in total. The number of aryl methyl sites for hydroxylation is 1. The number of H-pyrrole nitrogens is 1. The Morgan fingerprint density at radius 2 is 2.14 bits per heavy atom. The topological polar surface area (TPSA) is 132 Å². The first kappa shape index (κ1) is 23.9. The van der Waals surface area contributed by atoms with Gasteiger partial charge in [0.25, 0.3) is 8.18 Å². The summed E-state index contributed by atoms with van der Waals surface area (Å²) in [5.74, 6) is -0.954. The van der Waals surface area contributed by atoms with E-state index in [1.807, 2.05) is 0 Å². The largest absolute Gasteiger partial charge is 0.462 e. The van der Waals surface area contributed by atoms with Crippen LogP contribution in [0.25, 0.3) is 0 Å². The van der Waals surface area contributed by atoms with Crippen LogP contribution in [-0.2, 0) is 23.4 Å². The average Bonchev–Trinajstić information content (AvgIpc) is 2.90. The number of ether oxygens (including phenoxy) is 2. The number of aliphatic hydroxyl groups excluding tert-OH is 1. The van der Waals surface area contributed by atoms with E-state index < -0.39 is 50.2 Å². The summed E-state index contributed by atoms with van der Waals surface area (Å²) in [6.45, 7) is 8.28. The Kier molecular flexibility index (Phi) is 8.33. The Bertz CT molecular complexity index is 871. The molecular formula is C17H28N3O7PS. The van der Waals surface area contributed by atoms with Crippen LogP contribution in [0, 0.1) is 17.5 Å². The standard InChI is InChI=1S/C17H28N3O7PS/c1-8(2)26-16(22)11(5)19-28(24)25-7-12-13(21)10(4)15(27-12)20-6-9(3)14(29)18-17(20)23/h6,8,10-13,15,21,28H,7H2,1-5H3,(H,19,24)(H,18,23,29)/t10-,11+,12+,13?,15+/m1/s1. The van der Waals surface area contributed by atoms with Gasteiger partial charge in [-0.25, -0.2) is 9.88 Å². The molecule has 6 atom stereocenters. The van der Waals surface area contributed by atoms with Gasteiger partial charge in [-0.05, 0) is 27.7 Å². The minimum atomic E-state index is -2.78. The number of hydrogen-bond donors (Lipinski definition) is 3. The van der Waals surface area contributed by atoms with E-state index in [4.69, 9.17) is 26.2 Å². The van der Waals surface area contributed by atoms with Gasteiger partial charge in [0.05, 0.1) is 18.8 Å². The summed E-state index contributed by atoms with van der Waals surface area (Å²) in [5, 5.41) is 13.0. The number of carbonyl (C=O) groups excluding carboxylic acids is 1. The molecule has 0 amide bonds. The van der Waals surface area contributed by atoms with Crippen molar-refractivity contribution < 1.29 is 28.5 Å². The van der Waals surface area contributed by atoms with E-state index in [1.54, 1.807) is 33.9 Å². The summed E-state index contributed by atoms with van der Waals surface area (Å²) in [5.41, 5.74) is 0.250. The van der Waals surface area contributed by atoms with Crippen LogP contribution >= 0.6 is 20.4 Å². The summed E-state index contributed by atoms with van der Waals surface area (Å²) >= 11 is 5.05. The number of nitrogens with zero attached hydrogens (tertiary/aromatic N) is 1. The van der Waals surface area contributed by atoms with Crippen LogP contribution in [0.15, 0.2) is 11.0 Å². The lowest BCUT2D eigenvalue weighted by Crippen LogP contribution is -2.33. The van der Waals surface area contributed by atoms with Crippen molar-refractivity contribution in [2.45, 2.75) is 65.2 Å². The number of esters is 1. The predicted molar refractivity (Wildman–Crippen MR) is 108 cm³/mol. The molecule has 1 aliphatic heterocycles. The molecule has 0 bridgehead atoms. The number of aromatic amines is 1. The number of aliphatic hydroxyl groups is 1. The lowest BCUT2D eigenvalue weighted by atomic mass is 10.0. The molecule has 0 radical (unpaired) electrons. The van der Waals surface area contributed by atoms with E-state index >= 15 is 0 Å². The lowest BCUT2D eigenvalue weighted by molar-refractivity contribution is -0.149. The maximum absolute atomic E-state index is 12.2. The Morgan fingerprint density at radius 1 is 1.48 bits per heavy atom. The van der Waals surface area contributed by atoms with Crippen molar-refractivity contribution in [3.63, 3.8) is 0 Å². The lowest BCUT2D eigenvalue weighted by Gasteiger charge is -2.18. The van der Waals surface area contributed by atoms with E-state index in [0.29, 0.717) is 10.2 Å². The Balaban J connectivity index is 1.97. The molecule has 29 heavy (non-hydrogen) atoms. The van der Waals surface area contributed by atoms with Gasteiger partial charge in [-0.2, -0.15) is 0 Å². The van der Waals surface area contributed by atoms with E-state index in [1.165, 1.54) is 11.5 Å². The number of rotatable bonds is 8. The fourth-order valence-electron chi connectivity index (χ4n) is 2.89. The van der Waals surface area contributed by atoms with Crippen molar-refractivity contribution in [3.8, 4) is 0 Å². The molecule has 0 aromatic carbocycles. The Hall–Kier alpha value is -1.36. The van der Waals surface area contributed by atoms with Crippen LogP contribution in [0.2, 0.25) is 0 Å². The number of nitrogens with one attached hydrogen (secondary N) is 2. The molecule has 0 aliphatic carbocycles. The van der Waals surface area contributed by atoms with Crippen molar-refractivity contribution in [2.24, 2.45) is 5.92 Å². The highest BCUT2D eigenvalue weighted by molar-refractivity contribution is 7.71. The first-order chi connectivity index (χ1) is 13.5. The SMILES string of the molecule is Cc1cn([C@H]2O[C@@H](CO[PH](=O)N[C@@H](C)C(=O)OC(C)C)C(O)[C@H]2C)c(=O)[nH]c1=S. The molecule has 3 N–H and O–H groups in total. The van der Waals surface area contributed by atoms with E-state index in [-0.39, 0.29) is 12.7 Å². The third-order valence-electron chi connectivity index (χ3n) is 4.52. The van der Waals surface area contributed by atoms with Gasteiger partial charge in [0, 0.05) is 17.7 Å². The van der Waals surface area contributed by atoms with Crippen molar-refractivity contribution >= 4 is 26.4 Å². The molecule has 1 aliphatic rings. The van der Waals surface area contributed by atoms with Crippen molar-refractivity contribution in [3.05, 3.63) is 26.9 Å². The number of carbonyl (C=O) groups is 1. The second-order valence-electron chi connectivity index (χ2n) is 7.34. The van der Waals surface area contributed by atoms with Gasteiger partial charge in [-0.15, -0.1) is 0 Å². The summed E-state index contributed by atoms with van der Waals surface area (Å²) in [4.78, 5) is 26.5. The minimum Gasteiger partial charge on any atom is -0.462 e. The summed E-state index contributed by atoms with van der Waals surface area (Å²) in [6.07, 6.45) is -1.17. The Morgan fingerprint density at radius 3 is 2.76 bits per heavy atom. The predicted octanol–water partition coefficient (Wildman–Crippen LogP) is 1.44. The molecule has 0 spiro atoms. The van der Waals surface area contributed by atoms with Crippen molar-refractivity contribution in [2.75, 3.05) is 6.61 Å². The molecule has 164 valence electrons. The monoisotopic (exact) mass is 449 g/mol. The van der Waals surface area contributed by atoms with Gasteiger partial charge in [0.1, 0.15) is 23.0 Å². The zero-order valence-corrected chi connectivity index (χ0v) is 18.8. The first-order valence-corrected chi connectivity index (χ1v) is 11.0. The molecule has 2 unspecified atom stereocenters. The second-order valence-corrected chi connectivity index (χ2v) is 8.90. The first-order valence-electron chi connectivity index (χ1n) is 9.30. The number of hydrogen-bond acceptors (Lipinski definition) is 8. The zero-order valence-electron chi connectivity index (χ0n) is 17.0. The van der Waals surface area contributed by atoms with Crippen LogP contribution in [0.3, 0.4) is 0 Å².